The molecule has 0 bridgehead atoms. The summed E-state index contributed by atoms with van der Waals surface area (Å²) in [4.78, 5) is 76.1. The summed E-state index contributed by atoms with van der Waals surface area (Å²) in [6.45, 7) is 3.10. The second-order valence-electron chi connectivity index (χ2n) is 7.93. The molecule has 1 heterocycles. The minimum atomic E-state index is -0.913. The Hall–Kier alpha value is -3.94. The third-order valence-electron chi connectivity index (χ3n) is 5.06. The monoisotopic (exact) mass is 614 g/mol. The van der Waals surface area contributed by atoms with Crippen molar-refractivity contribution >= 4 is 78.8 Å². The molecule has 0 spiro atoms. The molecule has 0 saturated heterocycles. The van der Waals surface area contributed by atoms with E-state index in [1.54, 1.807) is 74.5 Å². The van der Waals surface area contributed by atoms with Crippen molar-refractivity contribution in [3.63, 3.8) is 0 Å². The van der Waals surface area contributed by atoms with Crippen LogP contribution < -0.4 is 10.6 Å². The number of amides is 2. The molecular formula is C28H26N2O8S3. The smallest absolute Gasteiger partial charge is 0.342 e. The molecule has 2 N–H and O–H groups in total. The Kier molecular flexibility index (Phi) is 12.1. The molecule has 2 amide bonds. The highest BCUT2D eigenvalue weighted by atomic mass is 32.2. The van der Waals surface area contributed by atoms with Crippen LogP contribution in [0.4, 0.5) is 10.0 Å². The first kappa shape index (κ1) is 31.6. The Bertz CT molecular complexity index is 1320. The fourth-order valence-electron chi connectivity index (χ4n) is 3.31. The van der Waals surface area contributed by atoms with Crippen LogP contribution in [0.5, 0.6) is 0 Å². The quantitative estimate of drug-likeness (QED) is 0.264. The summed E-state index contributed by atoms with van der Waals surface area (Å²) in [7, 11) is 0. The van der Waals surface area contributed by atoms with Gasteiger partial charge in [-0.25, -0.2) is 9.59 Å². The average Bonchev–Trinajstić information content (AvgIpc) is 3.33. The highest BCUT2D eigenvalue weighted by Crippen LogP contribution is 2.39. The first-order valence-electron chi connectivity index (χ1n) is 12.3. The normalized spacial score (nSPS) is 10.4. The molecule has 0 fully saturated rings. The summed E-state index contributed by atoms with van der Waals surface area (Å²) >= 11 is 2.29. The summed E-state index contributed by atoms with van der Waals surface area (Å²) in [5.74, 6) is -3.62. The maximum Gasteiger partial charge on any atom is 0.342 e. The Morgan fingerprint density at radius 1 is 0.634 bits per heavy atom. The van der Waals surface area contributed by atoms with Gasteiger partial charge in [-0.2, -0.15) is 0 Å². The minimum absolute atomic E-state index is 0.0221. The SMILES string of the molecule is CCOC(=O)c1c(NC(=O)CSC(=O)c2ccccc2)sc(NC(=O)CSC(=O)c2ccccc2)c1C(=O)OCC. The molecule has 0 radical (unpaired) electrons. The van der Waals surface area contributed by atoms with Crippen molar-refractivity contribution in [3.05, 3.63) is 82.9 Å². The molecule has 0 aliphatic rings. The summed E-state index contributed by atoms with van der Waals surface area (Å²) in [6, 6.07) is 16.8. The third kappa shape index (κ3) is 9.03. The van der Waals surface area contributed by atoms with Crippen molar-refractivity contribution in [2.75, 3.05) is 35.4 Å². The fourth-order valence-corrected chi connectivity index (χ4v) is 5.69. The van der Waals surface area contributed by atoms with Gasteiger partial charge in [0.15, 0.2) is 0 Å². The molecule has 0 aliphatic heterocycles. The number of rotatable bonds is 12. The van der Waals surface area contributed by atoms with E-state index in [0.717, 1.165) is 34.9 Å². The van der Waals surface area contributed by atoms with Crippen molar-refractivity contribution in [2.24, 2.45) is 0 Å². The van der Waals surface area contributed by atoms with Gasteiger partial charge in [0.25, 0.3) is 0 Å². The van der Waals surface area contributed by atoms with Crippen molar-refractivity contribution in [2.45, 2.75) is 13.8 Å². The summed E-state index contributed by atoms with van der Waals surface area (Å²) in [5.41, 5.74) is 0.274. The van der Waals surface area contributed by atoms with Crippen LogP contribution in [0, 0.1) is 0 Å². The Labute approximate surface area is 248 Å². The predicted molar refractivity (Wildman–Crippen MR) is 160 cm³/mol. The van der Waals surface area contributed by atoms with E-state index in [1.165, 1.54) is 0 Å². The Morgan fingerprint density at radius 2 is 1.00 bits per heavy atom. The van der Waals surface area contributed by atoms with Gasteiger partial charge in [0.1, 0.15) is 21.1 Å². The van der Waals surface area contributed by atoms with Crippen LogP contribution in [0.25, 0.3) is 0 Å². The number of anilines is 2. The second kappa shape index (κ2) is 15.7. The first-order valence-corrected chi connectivity index (χ1v) is 15.1. The van der Waals surface area contributed by atoms with Crippen LogP contribution in [0.15, 0.2) is 60.7 Å². The van der Waals surface area contributed by atoms with Gasteiger partial charge in [0.2, 0.25) is 22.0 Å². The van der Waals surface area contributed by atoms with Crippen molar-refractivity contribution in [1.82, 2.24) is 0 Å². The zero-order valence-corrected chi connectivity index (χ0v) is 24.5. The number of hydrogen-bond donors (Lipinski definition) is 2. The lowest BCUT2D eigenvalue weighted by atomic mass is 10.1. The number of thiophene rings is 1. The van der Waals surface area contributed by atoms with E-state index in [-0.39, 0.29) is 56.1 Å². The molecule has 0 unspecified atom stereocenters. The maximum absolute atomic E-state index is 12.9. The molecule has 1 aromatic heterocycles. The zero-order valence-electron chi connectivity index (χ0n) is 22.1. The molecule has 214 valence electrons. The number of carbonyl (C=O) groups excluding carboxylic acids is 6. The molecule has 0 aliphatic carbocycles. The molecular weight excluding hydrogens is 589 g/mol. The number of carbonyl (C=O) groups is 6. The van der Waals surface area contributed by atoms with Crippen LogP contribution in [-0.2, 0) is 19.1 Å². The van der Waals surface area contributed by atoms with Crippen LogP contribution in [0.2, 0.25) is 0 Å². The molecule has 3 aromatic rings. The van der Waals surface area contributed by atoms with E-state index in [9.17, 15) is 28.8 Å². The molecule has 10 nitrogen and oxygen atoms in total. The molecule has 2 aromatic carbocycles. The number of thioether (sulfide) groups is 2. The largest absolute Gasteiger partial charge is 0.462 e. The van der Waals surface area contributed by atoms with Gasteiger partial charge in [-0.15, -0.1) is 0 Å². The van der Waals surface area contributed by atoms with E-state index in [2.05, 4.69) is 10.6 Å². The second-order valence-corrected chi connectivity index (χ2v) is 10.8. The summed E-state index contributed by atoms with van der Waals surface area (Å²) in [5, 5.41) is 4.33. The van der Waals surface area contributed by atoms with Crippen molar-refractivity contribution in [3.8, 4) is 0 Å². The average molecular weight is 615 g/mol. The molecule has 0 saturated carbocycles. The Balaban J connectivity index is 1.82. The number of nitrogens with one attached hydrogen (secondary N) is 2. The molecule has 3 rings (SSSR count). The van der Waals surface area contributed by atoms with Crippen LogP contribution in [0.3, 0.4) is 0 Å². The van der Waals surface area contributed by atoms with Crippen LogP contribution in [0.1, 0.15) is 55.3 Å². The molecule has 13 heteroatoms. The number of esters is 2. The third-order valence-corrected chi connectivity index (χ3v) is 7.89. The zero-order chi connectivity index (χ0) is 29.8. The lowest BCUT2D eigenvalue weighted by Crippen LogP contribution is -2.20. The highest BCUT2D eigenvalue weighted by molar-refractivity contribution is 8.14. The van der Waals surface area contributed by atoms with Gasteiger partial charge in [-0.05, 0) is 13.8 Å². The van der Waals surface area contributed by atoms with Gasteiger partial charge in [-0.1, -0.05) is 95.5 Å². The summed E-state index contributed by atoms with van der Waals surface area (Å²) in [6.07, 6.45) is 0. The van der Waals surface area contributed by atoms with Gasteiger partial charge < -0.3 is 20.1 Å². The maximum atomic E-state index is 12.9. The van der Waals surface area contributed by atoms with Crippen molar-refractivity contribution in [1.29, 1.82) is 0 Å². The van der Waals surface area contributed by atoms with E-state index in [4.69, 9.17) is 9.47 Å². The van der Waals surface area contributed by atoms with Crippen LogP contribution in [-0.4, -0.2) is 58.7 Å². The number of hydrogen-bond acceptors (Lipinski definition) is 11. The van der Waals surface area contributed by atoms with E-state index >= 15 is 0 Å². The number of benzene rings is 2. The molecule has 0 atom stereocenters. The topological polar surface area (TPSA) is 145 Å². The predicted octanol–water partition coefficient (Wildman–Crippen LogP) is 5.13. The fraction of sp³-hybridized carbons (Fsp3) is 0.214. The van der Waals surface area contributed by atoms with Gasteiger partial charge in [0.05, 0.1) is 24.7 Å². The standard InChI is InChI=1S/C28H26N2O8S3/c1-3-37-25(33)21-22(26(34)38-4-2)24(30-20(32)16-40-28(36)18-13-9-6-10-14-18)41-23(21)29-19(31)15-39-27(35)17-11-7-5-8-12-17/h5-14H,3-4,15-16H2,1-2H3,(H,29,31)(H,30,32). The Morgan fingerprint density at radius 3 is 1.34 bits per heavy atom. The van der Waals surface area contributed by atoms with E-state index < -0.39 is 23.8 Å². The lowest BCUT2D eigenvalue weighted by molar-refractivity contribution is -0.114. The van der Waals surface area contributed by atoms with Crippen LogP contribution >= 0.6 is 34.9 Å². The van der Waals surface area contributed by atoms with Gasteiger partial charge >= 0.3 is 11.9 Å². The first-order chi connectivity index (χ1) is 19.7. The van der Waals surface area contributed by atoms with E-state index in [0.29, 0.717) is 11.1 Å². The lowest BCUT2D eigenvalue weighted by Gasteiger charge is -2.09. The number of ether oxygens (including phenoxy) is 2. The van der Waals surface area contributed by atoms with Gasteiger partial charge in [-0.3, -0.25) is 19.2 Å². The van der Waals surface area contributed by atoms with E-state index in [1.807, 2.05) is 0 Å². The summed E-state index contributed by atoms with van der Waals surface area (Å²) < 4.78 is 10.2. The molecule has 41 heavy (non-hydrogen) atoms. The van der Waals surface area contributed by atoms with Gasteiger partial charge in [0, 0.05) is 11.1 Å². The minimum Gasteiger partial charge on any atom is -0.462 e. The van der Waals surface area contributed by atoms with Crippen molar-refractivity contribution < 1.29 is 38.2 Å². The highest BCUT2D eigenvalue weighted by Gasteiger charge is 2.32.